The van der Waals surface area contributed by atoms with E-state index in [-0.39, 0.29) is 23.3 Å². The number of aryl methyl sites for hydroxylation is 1. The summed E-state index contributed by atoms with van der Waals surface area (Å²) >= 11 is 1.54. The summed E-state index contributed by atoms with van der Waals surface area (Å²) in [5.41, 5.74) is 3.81. The lowest BCUT2D eigenvalue weighted by molar-refractivity contribution is 0.0674. The second kappa shape index (κ2) is 8.09. The number of amides is 2. The highest BCUT2D eigenvalue weighted by atomic mass is 32.1. The molecule has 0 radical (unpaired) electrons. The molecule has 0 aromatic carbocycles. The first-order chi connectivity index (χ1) is 16.1. The number of anilines is 1. The van der Waals surface area contributed by atoms with Crippen molar-refractivity contribution in [1.82, 2.24) is 24.1 Å². The Kier molecular flexibility index (Phi) is 5.31. The van der Waals surface area contributed by atoms with Crippen LogP contribution >= 0.6 is 11.3 Å². The molecule has 1 atom stereocenters. The molecule has 1 aliphatic rings. The fraction of sp³-hybridized carbons (Fsp3) is 0.360. The Morgan fingerprint density at radius 3 is 2.76 bits per heavy atom. The monoisotopic (exact) mass is 476 g/mol. The highest BCUT2D eigenvalue weighted by Crippen LogP contribution is 2.37. The van der Waals surface area contributed by atoms with Crippen LogP contribution in [0.3, 0.4) is 0 Å². The average Bonchev–Trinajstić information content (AvgIpc) is 3.50. The van der Waals surface area contributed by atoms with Crippen LogP contribution in [0.15, 0.2) is 42.0 Å². The van der Waals surface area contributed by atoms with Crippen LogP contribution in [-0.2, 0) is 18.9 Å². The van der Waals surface area contributed by atoms with E-state index in [0.717, 1.165) is 21.8 Å². The third kappa shape index (κ3) is 3.69. The van der Waals surface area contributed by atoms with E-state index in [4.69, 9.17) is 0 Å². The molecule has 1 N–H and O–H groups in total. The van der Waals surface area contributed by atoms with Crippen LogP contribution in [0.4, 0.5) is 5.82 Å². The number of carbonyl (C=O) groups is 2. The number of rotatable bonds is 3. The molecular formula is C25H28N6O2S. The number of carbonyl (C=O) groups excluding carboxylic acids is 2. The van der Waals surface area contributed by atoms with Crippen LogP contribution in [0, 0.1) is 0 Å². The van der Waals surface area contributed by atoms with Crippen molar-refractivity contribution >= 4 is 34.6 Å². The van der Waals surface area contributed by atoms with Gasteiger partial charge in [-0.3, -0.25) is 18.7 Å². The van der Waals surface area contributed by atoms with E-state index in [1.165, 1.54) is 11.3 Å². The van der Waals surface area contributed by atoms with Gasteiger partial charge in [0.2, 0.25) is 0 Å². The van der Waals surface area contributed by atoms with Gasteiger partial charge in [0.25, 0.3) is 11.8 Å². The number of hydrogen-bond donors (Lipinski definition) is 1. The molecule has 5 heterocycles. The molecule has 0 bridgehead atoms. The fourth-order valence-electron chi connectivity index (χ4n) is 4.41. The molecule has 0 saturated heterocycles. The molecule has 4 aromatic rings. The van der Waals surface area contributed by atoms with Crippen LogP contribution < -0.4 is 5.32 Å². The van der Waals surface area contributed by atoms with Crippen molar-refractivity contribution < 1.29 is 9.59 Å². The number of aromatic nitrogens is 4. The topological polar surface area (TPSA) is 84.5 Å². The highest BCUT2D eigenvalue weighted by Gasteiger charge is 2.33. The molecule has 1 aliphatic heterocycles. The lowest BCUT2D eigenvalue weighted by Gasteiger charge is -2.33. The lowest BCUT2D eigenvalue weighted by Crippen LogP contribution is -2.39. The first-order valence-corrected chi connectivity index (χ1v) is 12.2. The van der Waals surface area contributed by atoms with Crippen molar-refractivity contribution in [1.29, 1.82) is 0 Å². The SMILES string of the molecule is CC1c2scc(C(=O)Nc3cc(C(C)(C)C)nn3C)c2CCN1C(=O)c1cnc2ccccn12. The molecule has 0 saturated carbocycles. The summed E-state index contributed by atoms with van der Waals surface area (Å²) in [5, 5.41) is 9.47. The zero-order valence-corrected chi connectivity index (χ0v) is 20.8. The van der Waals surface area contributed by atoms with E-state index in [9.17, 15) is 9.59 Å². The minimum Gasteiger partial charge on any atom is -0.329 e. The maximum Gasteiger partial charge on any atom is 0.273 e. The fourth-order valence-corrected chi connectivity index (χ4v) is 5.59. The molecule has 8 nitrogen and oxygen atoms in total. The van der Waals surface area contributed by atoms with Gasteiger partial charge in [-0.2, -0.15) is 5.10 Å². The van der Waals surface area contributed by atoms with Gasteiger partial charge in [-0.05, 0) is 31.0 Å². The van der Waals surface area contributed by atoms with Gasteiger partial charge < -0.3 is 10.2 Å². The predicted molar refractivity (Wildman–Crippen MR) is 133 cm³/mol. The van der Waals surface area contributed by atoms with Gasteiger partial charge in [0.05, 0.1) is 23.5 Å². The second-order valence-corrected chi connectivity index (χ2v) is 10.6. The maximum atomic E-state index is 13.4. The summed E-state index contributed by atoms with van der Waals surface area (Å²) in [6.07, 6.45) is 4.12. The number of fused-ring (bicyclic) bond motifs is 2. The molecular weight excluding hydrogens is 448 g/mol. The predicted octanol–water partition coefficient (Wildman–Crippen LogP) is 4.44. The van der Waals surface area contributed by atoms with E-state index >= 15 is 0 Å². The summed E-state index contributed by atoms with van der Waals surface area (Å²) in [6.45, 7) is 8.85. The van der Waals surface area contributed by atoms with E-state index < -0.39 is 0 Å². The van der Waals surface area contributed by atoms with Gasteiger partial charge in [0.1, 0.15) is 17.2 Å². The van der Waals surface area contributed by atoms with Gasteiger partial charge >= 0.3 is 0 Å². The summed E-state index contributed by atoms with van der Waals surface area (Å²) in [6, 6.07) is 7.47. The van der Waals surface area contributed by atoms with Crippen molar-refractivity contribution in [3.05, 3.63) is 69.4 Å². The second-order valence-electron chi connectivity index (χ2n) is 9.73. The summed E-state index contributed by atoms with van der Waals surface area (Å²) in [4.78, 5) is 33.8. The van der Waals surface area contributed by atoms with Gasteiger partial charge in [-0.25, -0.2) is 4.98 Å². The number of pyridine rings is 1. The molecule has 1 unspecified atom stereocenters. The van der Waals surface area contributed by atoms with Gasteiger partial charge in [-0.1, -0.05) is 26.8 Å². The Morgan fingerprint density at radius 1 is 1.24 bits per heavy atom. The summed E-state index contributed by atoms with van der Waals surface area (Å²) < 4.78 is 3.52. The molecule has 4 aromatic heterocycles. The van der Waals surface area contributed by atoms with Gasteiger partial charge in [0.15, 0.2) is 0 Å². The first kappa shape index (κ1) is 22.3. The van der Waals surface area contributed by atoms with Gasteiger partial charge in [0, 0.05) is 41.5 Å². The van der Waals surface area contributed by atoms with Crippen LogP contribution in [0.1, 0.15) is 70.7 Å². The van der Waals surface area contributed by atoms with Crippen molar-refractivity contribution in [3.63, 3.8) is 0 Å². The number of hydrogen-bond acceptors (Lipinski definition) is 5. The number of nitrogens with one attached hydrogen (secondary N) is 1. The average molecular weight is 477 g/mol. The molecule has 2 amide bonds. The number of imidazole rings is 1. The van der Waals surface area contributed by atoms with Crippen LogP contribution in [0.25, 0.3) is 5.65 Å². The van der Waals surface area contributed by atoms with Crippen LogP contribution in [0.2, 0.25) is 0 Å². The molecule has 34 heavy (non-hydrogen) atoms. The molecule has 176 valence electrons. The van der Waals surface area contributed by atoms with Crippen molar-refractivity contribution in [2.45, 2.75) is 45.6 Å². The Balaban J connectivity index is 1.38. The Morgan fingerprint density at radius 2 is 2.03 bits per heavy atom. The Hall–Kier alpha value is -3.46. The molecule has 5 rings (SSSR count). The zero-order valence-electron chi connectivity index (χ0n) is 20.0. The highest BCUT2D eigenvalue weighted by molar-refractivity contribution is 7.10. The molecule has 0 fully saturated rings. The molecule has 0 aliphatic carbocycles. The Labute approximate surface area is 202 Å². The summed E-state index contributed by atoms with van der Waals surface area (Å²) in [5.74, 6) is 0.471. The van der Waals surface area contributed by atoms with E-state index in [0.29, 0.717) is 30.0 Å². The number of nitrogens with zero attached hydrogens (tertiary/aromatic N) is 5. The molecule has 0 spiro atoms. The van der Waals surface area contributed by atoms with Crippen molar-refractivity contribution in [2.75, 3.05) is 11.9 Å². The van der Waals surface area contributed by atoms with E-state index in [1.807, 2.05) is 59.1 Å². The summed E-state index contributed by atoms with van der Waals surface area (Å²) in [7, 11) is 1.83. The Bertz CT molecular complexity index is 1410. The quantitative estimate of drug-likeness (QED) is 0.474. The smallest absolute Gasteiger partial charge is 0.273 e. The third-order valence-corrected chi connectivity index (χ3v) is 7.60. The largest absolute Gasteiger partial charge is 0.329 e. The van der Waals surface area contributed by atoms with Gasteiger partial charge in [-0.15, -0.1) is 11.3 Å². The normalized spacial score (nSPS) is 16.0. The van der Waals surface area contributed by atoms with Crippen molar-refractivity contribution in [2.24, 2.45) is 7.05 Å². The molecule has 9 heteroatoms. The minimum atomic E-state index is -0.144. The maximum absolute atomic E-state index is 13.4. The van der Waals surface area contributed by atoms with E-state index in [2.05, 4.69) is 36.2 Å². The number of thiophene rings is 1. The van der Waals surface area contributed by atoms with E-state index in [1.54, 1.807) is 10.9 Å². The standard InChI is InChI=1S/C25H28N6O2S/c1-15-22-16(9-11-30(15)24(33)18-13-26-20-8-6-7-10-31(18)20)17(14-34-22)23(32)27-21-12-19(25(2,3)4)28-29(21)5/h6-8,10,12-15H,9,11H2,1-5H3,(H,27,32). The van der Waals surface area contributed by atoms with Crippen LogP contribution in [-0.4, -0.2) is 42.4 Å². The van der Waals surface area contributed by atoms with Crippen LogP contribution in [0.5, 0.6) is 0 Å². The third-order valence-electron chi connectivity index (χ3n) is 6.41. The minimum absolute atomic E-state index is 0.0548. The lowest BCUT2D eigenvalue weighted by atomic mass is 9.92. The zero-order chi connectivity index (χ0) is 24.2. The van der Waals surface area contributed by atoms with Crippen molar-refractivity contribution in [3.8, 4) is 0 Å². The first-order valence-electron chi connectivity index (χ1n) is 11.3.